The second-order valence-electron chi connectivity index (χ2n) is 6.54. The van der Waals surface area contributed by atoms with E-state index in [2.05, 4.69) is 40.8 Å². The molecule has 2 aromatic heterocycles. The topological polar surface area (TPSA) is 57.7 Å². The Morgan fingerprint density at radius 3 is 2.69 bits per heavy atom. The van der Waals surface area contributed by atoms with E-state index < -0.39 is 0 Å². The van der Waals surface area contributed by atoms with E-state index >= 15 is 0 Å². The number of nitrogens with zero attached hydrogens (tertiary/aromatic N) is 3. The van der Waals surface area contributed by atoms with Crippen molar-refractivity contribution in [3.8, 4) is 0 Å². The second-order valence-corrected chi connectivity index (χ2v) is 6.54. The van der Waals surface area contributed by atoms with E-state index in [4.69, 9.17) is 9.41 Å². The van der Waals surface area contributed by atoms with Crippen molar-refractivity contribution in [1.82, 2.24) is 20.1 Å². The molecule has 1 unspecified atom stereocenters. The van der Waals surface area contributed by atoms with Gasteiger partial charge < -0.3 is 19.6 Å². The van der Waals surface area contributed by atoms with E-state index in [0.717, 1.165) is 37.9 Å². The van der Waals surface area contributed by atoms with E-state index in [-0.39, 0.29) is 30.0 Å². The number of hydrogen-bond acceptors (Lipinski definition) is 3. The van der Waals surface area contributed by atoms with Crippen LogP contribution in [0.4, 0.5) is 0 Å². The molecule has 0 aromatic carbocycles. The summed E-state index contributed by atoms with van der Waals surface area (Å²) >= 11 is 0. The smallest absolute Gasteiger partial charge is 0.191 e. The fourth-order valence-corrected chi connectivity index (χ4v) is 3.30. The van der Waals surface area contributed by atoms with Gasteiger partial charge in [0.1, 0.15) is 5.76 Å². The fraction of sp³-hybridized carbons (Fsp3) is 0.526. The summed E-state index contributed by atoms with van der Waals surface area (Å²) in [6.07, 6.45) is 8.43. The van der Waals surface area contributed by atoms with Crippen molar-refractivity contribution >= 4 is 29.9 Å². The van der Waals surface area contributed by atoms with Crippen LogP contribution in [0.1, 0.15) is 37.1 Å². The highest BCUT2D eigenvalue weighted by Gasteiger charge is 2.25. The fourth-order valence-electron chi connectivity index (χ4n) is 3.30. The number of hydrogen-bond donors (Lipinski definition) is 2. The van der Waals surface area contributed by atoms with E-state index in [0.29, 0.717) is 6.54 Å². The number of rotatable bonds is 7. The van der Waals surface area contributed by atoms with Crippen LogP contribution >= 0.6 is 24.0 Å². The molecule has 0 radical (unpaired) electrons. The highest BCUT2D eigenvalue weighted by molar-refractivity contribution is 14.0. The lowest BCUT2D eigenvalue weighted by Crippen LogP contribution is -2.42. The summed E-state index contributed by atoms with van der Waals surface area (Å²) in [4.78, 5) is 7.20. The van der Waals surface area contributed by atoms with Crippen LogP contribution < -0.4 is 10.6 Å². The Balaban J connectivity index is 0.00000243. The third kappa shape index (κ3) is 5.77. The molecular weight excluding hydrogens is 441 g/mol. The first-order valence-electron chi connectivity index (χ1n) is 9.16. The SMILES string of the molecule is CCNC(=NCc1ccn(C)c1)NCC(c1ccco1)N1CCCC1.I. The van der Waals surface area contributed by atoms with Crippen LogP contribution in [0, 0.1) is 0 Å². The van der Waals surface area contributed by atoms with Gasteiger partial charge in [-0.25, -0.2) is 4.99 Å². The largest absolute Gasteiger partial charge is 0.468 e. The summed E-state index contributed by atoms with van der Waals surface area (Å²) in [5.74, 6) is 1.87. The van der Waals surface area contributed by atoms with Gasteiger partial charge in [-0.3, -0.25) is 4.90 Å². The Bertz CT molecular complexity index is 661. The summed E-state index contributed by atoms with van der Waals surface area (Å²) in [7, 11) is 2.03. The molecule has 0 spiro atoms. The van der Waals surface area contributed by atoms with Crippen molar-refractivity contribution in [2.24, 2.45) is 12.0 Å². The van der Waals surface area contributed by atoms with Crippen LogP contribution in [0.25, 0.3) is 0 Å². The lowest BCUT2D eigenvalue weighted by atomic mass is 10.2. The average molecular weight is 471 g/mol. The number of guanidine groups is 1. The molecule has 2 N–H and O–H groups in total. The van der Waals surface area contributed by atoms with Gasteiger partial charge in [0.05, 0.1) is 18.8 Å². The van der Waals surface area contributed by atoms with E-state index in [1.165, 1.54) is 18.4 Å². The first-order valence-corrected chi connectivity index (χ1v) is 9.16. The van der Waals surface area contributed by atoms with Crippen molar-refractivity contribution in [1.29, 1.82) is 0 Å². The third-order valence-corrected chi connectivity index (χ3v) is 4.57. The predicted molar refractivity (Wildman–Crippen MR) is 116 cm³/mol. The maximum Gasteiger partial charge on any atom is 0.191 e. The van der Waals surface area contributed by atoms with Gasteiger partial charge in [-0.05, 0) is 56.6 Å². The van der Waals surface area contributed by atoms with Crippen molar-refractivity contribution in [3.05, 3.63) is 48.2 Å². The number of likely N-dealkylation sites (tertiary alicyclic amines) is 1. The molecule has 144 valence electrons. The van der Waals surface area contributed by atoms with E-state index in [1.54, 1.807) is 6.26 Å². The monoisotopic (exact) mass is 471 g/mol. The number of halogens is 1. The van der Waals surface area contributed by atoms with Gasteiger partial charge in [0.25, 0.3) is 0 Å². The molecule has 0 aliphatic carbocycles. The Kier molecular flexibility index (Phi) is 8.50. The van der Waals surface area contributed by atoms with E-state index in [1.807, 2.05) is 23.9 Å². The lowest BCUT2D eigenvalue weighted by molar-refractivity contribution is 0.215. The van der Waals surface area contributed by atoms with Gasteiger partial charge in [0.15, 0.2) is 5.96 Å². The third-order valence-electron chi connectivity index (χ3n) is 4.57. The first kappa shape index (κ1) is 20.8. The molecule has 1 aliphatic rings. The van der Waals surface area contributed by atoms with Crippen LogP contribution in [0.2, 0.25) is 0 Å². The van der Waals surface area contributed by atoms with Gasteiger partial charge in [0, 0.05) is 32.5 Å². The summed E-state index contributed by atoms with van der Waals surface area (Å²) in [5.41, 5.74) is 1.21. The average Bonchev–Trinajstić information content (AvgIpc) is 3.36. The summed E-state index contributed by atoms with van der Waals surface area (Å²) in [5, 5.41) is 6.83. The maximum atomic E-state index is 5.69. The molecule has 6 nitrogen and oxygen atoms in total. The summed E-state index contributed by atoms with van der Waals surface area (Å²) in [6.45, 7) is 6.65. The van der Waals surface area contributed by atoms with Crippen LogP contribution in [0.15, 0.2) is 46.3 Å². The molecule has 1 saturated heterocycles. The minimum Gasteiger partial charge on any atom is -0.468 e. The van der Waals surface area contributed by atoms with Crippen LogP contribution in [-0.4, -0.2) is 41.6 Å². The van der Waals surface area contributed by atoms with E-state index in [9.17, 15) is 0 Å². The number of aromatic nitrogens is 1. The highest BCUT2D eigenvalue weighted by atomic mass is 127. The normalized spacial score (nSPS) is 16.3. The zero-order valence-electron chi connectivity index (χ0n) is 15.6. The summed E-state index contributed by atoms with van der Waals surface area (Å²) < 4.78 is 7.73. The molecule has 1 atom stereocenters. The molecular formula is C19H30IN5O. The number of nitrogens with one attached hydrogen (secondary N) is 2. The van der Waals surface area contributed by atoms with Gasteiger partial charge in [-0.1, -0.05) is 0 Å². The Morgan fingerprint density at radius 1 is 1.27 bits per heavy atom. The highest BCUT2D eigenvalue weighted by Crippen LogP contribution is 2.24. The van der Waals surface area contributed by atoms with Crippen molar-refractivity contribution in [2.45, 2.75) is 32.4 Å². The van der Waals surface area contributed by atoms with Crippen molar-refractivity contribution < 1.29 is 4.42 Å². The molecule has 26 heavy (non-hydrogen) atoms. The zero-order valence-corrected chi connectivity index (χ0v) is 18.0. The predicted octanol–water partition coefficient (Wildman–Crippen LogP) is 3.13. The second kappa shape index (κ2) is 10.6. The van der Waals surface area contributed by atoms with Crippen LogP contribution in [-0.2, 0) is 13.6 Å². The number of furan rings is 1. The first-order chi connectivity index (χ1) is 12.3. The molecule has 1 aliphatic heterocycles. The standard InChI is InChI=1S/C19H29N5O.HI/c1-3-20-19(21-13-16-8-11-23(2)15-16)22-14-17(18-7-6-12-25-18)24-9-4-5-10-24;/h6-8,11-12,15,17H,3-5,9-10,13-14H2,1-2H3,(H2,20,21,22);1H. The van der Waals surface area contributed by atoms with Gasteiger partial charge in [-0.15, -0.1) is 24.0 Å². The number of aryl methyl sites for hydroxylation is 1. The quantitative estimate of drug-likeness (QED) is 0.370. The van der Waals surface area contributed by atoms with Crippen LogP contribution in [0.3, 0.4) is 0 Å². The zero-order chi connectivity index (χ0) is 17.5. The van der Waals surface area contributed by atoms with Crippen molar-refractivity contribution in [3.63, 3.8) is 0 Å². The molecule has 3 rings (SSSR count). The van der Waals surface area contributed by atoms with Crippen molar-refractivity contribution in [2.75, 3.05) is 26.2 Å². The van der Waals surface area contributed by atoms with Gasteiger partial charge >= 0.3 is 0 Å². The molecule has 3 heterocycles. The number of aliphatic imine (C=N–C) groups is 1. The lowest BCUT2D eigenvalue weighted by Gasteiger charge is -2.26. The molecule has 1 fully saturated rings. The molecule has 0 saturated carbocycles. The molecule has 7 heteroatoms. The Hall–Kier alpha value is -1.48. The Morgan fingerprint density at radius 2 is 2.08 bits per heavy atom. The summed E-state index contributed by atoms with van der Waals surface area (Å²) in [6, 6.07) is 6.38. The molecule has 0 amide bonds. The van der Waals surface area contributed by atoms with Crippen LogP contribution in [0.5, 0.6) is 0 Å². The molecule has 0 bridgehead atoms. The molecule has 2 aromatic rings. The Labute approximate surface area is 173 Å². The minimum atomic E-state index is 0. The van der Waals surface area contributed by atoms with Gasteiger partial charge in [-0.2, -0.15) is 0 Å². The van der Waals surface area contributed by atoms with Gasteiger partial charge in [0.2, 0.25) is 0 Å². The maximum absolute atomic E-state index is 5.69. The minimum absolute atomic E-state index is 0.